The predicted octanol–water partition coefficient (Wildman–Crippen LogP) is 2.10. The van der Waals surface area contributed by atoms with Gasteiger partial charge in [0.2, 0.25) is 0 Å². The number of ketones is 1. The van der Waals surface area contributed by atoms with Gasteiger partial charge in [-0.3, -0.25) is 4.79 Å². The summed E-state index contributed by atoms with van der Waals surface area (Å²) in [6.45, 7) is 7.74. The van der Waals surface area contributed by atoms with Crippen molar-refractivity contribution in [3.8, 4) is 0 Å². The van der Waals surface area contributed by atoms with Crippen LogP contribution < -0.4 is 5.32 Å². The molecular formula is C12H22N2OS. The Morgan fingerprint density at radius 2 is 1.88 bits per heavy atom. The van der Waals surface area contributed by atoms with Crippen LogP contribution in [-0.2, 0) is 4.79 Å². The summed E-state index contributed by atoms with van der Waals surface area (Å²) in [6, 6.07) is 0. The van der Waals surface area contributed by atoms with Crippen LogP contribution in [0.15, 0.2) is 0 Å². The zero-order valence-corrected chi connectivity index (χ0v) is 11.3. The van der Waals surface area contributed by atoms with Crippen molar-refractivity contribution >= 4 is 23.1 Å². The van der Waals surface area contributed by atoms with Gasteiger partial charge in [0.05, 0.1) is 0 Å². The zero-order chi connectivity index (χ0) is 12.2. The van der Waals surface area contributed by atoms with E-state index in [1.54, 1.807) is 6.92 Å². The van der Waals surface area contributed by atoms with Gasteiger partial charge in [0.1, 0.15) is 5.78 Å². The molecule has 1 aliphatic heterocycles. The Morgan fingerprint density at radius 1 is 1.31 bits per heavy atom. The lowest BCUT2D eigenvalue weighted by molar-refractivity contribution is -0.118. The molecule has 0 atom stereocenters. The maximum atomic E-state index is 11.1. The first-order valence-electron chi connectivity index (χ1n) is 5.97. The third kappa shape index (κ3) is 4.47. The van der Waals surface area contributed by atoms with Crippen LogP contribution in [0.25, 0.3) is 0 Å². The van der Waals surface area contributed by atoms with Crippen LogP contribution in [0.5, 0.6) is 0 Å². The molecule has 92 valence electrons. The average molecular weight is 242 g/mol. The summed E-state index contributed by atoms with van der Waals surface area (Å²) in [5, 5.41) is 4.09. The van der Waals surface area contributed by atoms with Crippen LogP contribution in [0.3, 0.4) is 0 Å². The molecule has 0 unspecified atom stereocenters. The van der Waals surface area contributed by atoms with Crippen LogP contribution in [0.4, 0.5) is 0 Å². The van der Waals surface area contributed by atoms with Gasteiger partial charge in [0.25, 0.3) is 0 Å². The van der Waals surface area contributed by atoms with E-state index in [9.17, 15) is 4.79 Å². The van der Waals surface area contributed by atoms with Crippen molar-refractivity contribution in [2.75, 3.05) is 13.1 Å². The van der Waals surface area contributed by atoms with Gasteiger partial charge in [0, 0.05) is 25.0 Å². The van der Waals surface area contributed by atoms with E-state index in [1.807, 2.05) is 13.8 Å². The molecular weight excluding hydrogens is 220 g/mol. The summed E-state index contributed by atoms with van der Waals surface area (Å²) < 4.78 is 0. The van der Waals surface area contributed by atoms with E-state index in [-0.39, 0.29) is 11.3 Å². The van der Waals surface area contributed by atoms with E-state index >= 15 is 0 Å². The number of rotatable bonds is 3. The maximum Gasteiger partial charge on any atom is 0.169 e. The first-order chi connectivity index (χ1) is 7.41. The molecule has 1 fully saturated rings. The second kappa shape index (κ2) is 5.62. The molecule has 4 heteroatoms. The Morgan fingerprint density at radius 3 is 2.38 bits per heavy atom. The molecule has 16 heavy (non-hydrogen) atoms. The van der Waals surface area contributed by atoms with Crippen LogP contribution in [0.2, 0.25) is 0 Å². The molecule has 0 saturated carbocycles. The van der Waals surface area contributed by atoms with Crippen LogP contribution in [-0.4, -0.2) is 34.4 Å². The Labute approximate surface area is 104 Å². The first kappa shape index (κ1) is 13.4. The summed E-state index contributed by atoms with van der Waals surface area (Å²) >= 11 is 5.38. The summed E-state index contributed by atoms with van der Waals surface area (Å²) in [7, 11) is 0. The normalized spacial score (nSPS) is 17.1. The van der Waals surface area contributed by atoms with Crippen LogP contribution in [0.1, 0.15) is 46.5 Å². The van der Waals surface area contributed by atoms with Gasteiger partial charge in [-0.15, -0.1) is 0 Å². The van der Waals surface area contributed by atoms with Crippen molar-refractivity contribution in [2.24, 2.45) is 0 Å². The quantitative estimate of drug-likeness (QED) is 0.768. The highest BCUT2D eigenvalue weighted by Gasteiger charge is 2.23. The van der Waals surface area contributed by atoms with Gasteiger partial charge in [0.15, 0.2) is 5.11 Å². The second-order valence-corrected chi connectivity index (χ2v) is 5.63. The lowest BCUT2D eigenvalue weighted by atomic mass is 9.98. The summed E-state index contributed by atoms with van der Waals surface area (Å²) in [4.78, 5) is 13.3. The topological polar surface area (TPSA) is 32.3 Å². The maximum absolute atomic E-state index is 11.1. The highest BCUT2D eigenvalue weighted by atomic mass is 32.1. The van der Waals surface area contributed by atoms with Gasteiger partial charge < -0.3 is 10.2 Å². The number of hydrogen-bond acceptors (Lipinski definition) is 2. The molecule has 0 amide bonds. The second-order valence-electron chi connectivity index (χ2n) is 5.24. The number of carbonyl (C=O) groups is 1. The third-order valence-electron chi connectivity index (χ3n) is 2.78. The highest BCUT2D eigenvalue weighted by Crippen LogP contribution is 2.13. The fourth-order valence-corrected chi connectivity index (χ4v) is 2.59. The van der Waals surface area contributed by atoms with Gasteiger partial charge in [-0.2, -0.15) is 0 Å². The van der Waals surface area contributed by atoms with Crippen molar-refractivity contribution in [3.05, 3.63) is 0 Å². The average Bonchev–Trinajstić information content (AvgIpc) is 2.16. The minimum Gasteiger partial charge on any atom is -0.357 e. The lowest BCUT2D eigenvalue weighted by Crippen LogP contribution is -2.51. The number of piperidine rings is 1. The molecule has 0 bridgehead atoms. The molecule has 0 aliphatic carbocycles. The molecule has 1 saturated heterocycles. The van der Waals surface area contributed by atoms with Crippen molar-refractivity contribution in [1.82, 2.24) is 10.2 Å². The number of carbonyl (C=O) groups excluding carboxylic acids is 1. The van der Waals surface area contributed by atoms with Crippen molar-refractivity contribution in [2.45, 2.75) is 52.0 Å². The smallest absolute Gasteiger partial charge is 0.169 e. The van der Waals surface area contributed by atoms with Crippen molar-refractivity contribution < 1.29 is 4.79 Å². The van der Waals surface area contributed by atoms with Crippen molar-refractivity contribution in [1.29, 1.82) is 0 Å². The molecule has 0 aromatic rings. The molecule has 3 nitrogen and oxygen atoms in total. The predicted molar refractivity (Wildman–Crippen MR) is 70.5 cm³/mol. The van der Waals surface area contributed by atoms with Gasteiger partial charge in [-0.25, -0.2) is 0 Å². The summed E-state index contributed by atoms with van der Waals surface area (Å²) in [6.07, 6.45) is 4.25. The minimum absolute atomic E-state index is 0.193. The minimum atomic E-state index is -0.236. The SMILES string of the molecule is CC(=O)CC(C)(C)NC(=S)N1CCCCC1. The van der Waals surface area contributed by atoms with Gasteiger partial charge >= 0.3 is 0 Å². The fourth-order valence-electron chi connectivity index (χ4n) is 2.13. The standard InChI is InChI=1S/C12H22N2OS/c1-10(15)9-12(2,3)13-11(16)14-7-5-4-6-8-14/h4-9H2,1-3H3,(H,13,16). The number of Topliss-reactive ketones (excluding diaryl/α,β-unsaturated/α-hetero) is 1. The number of likely N-dealkylation sites (tertiary alicyclic amines) is 1. The number of nitrogens with one attached hydrogen (secondary N) is 1. The summed E-state index contributed by atoms with van der Waals surface area (Å²) in [5.74, 6) is 0.193. The first-order valence-corrected chi connectivity index (χ1v) is 6.38. The van der Waals surface area contributed by atoms with Crippen molar-refractivity contribution in [3.63, 3.8) is 0 Å². The lowest BCUT2D eigenvalue weighted by Gasteiger charge is -2.34. The van der Waals surface area contributed by atoms with E-state index in [0.29, 0.717) is 6.42 Å². The van der Waals surface area contributed by atoms with E-state index in [2.05, 4.69) is 10.2 Å². The Kier molecular flexibility index (Phi) is 4.71. The third-order valence-corrected chi connectivity index (χ3v) is 3.14. The van der Waals surface area contributed by atoms with Gasteiger partial charge in [-0.1, -0.05) is 0 Å². The molecule has 0 aromatic heterocycles. The molecule has 1 aliphatic rings. The molecule has 1 rings (SSSR count). The molecule has 0 spiro atoms. The Hall–Kier alpha value is -0.640. The molecule has 1 N–H and O–H groups in total. The van der Waals surface area contributed by atoms with Crippen LogP contribution >= 0.6 is 12.2 Å². The Balaban J connectivity index is 2.45. The Bertz CT molecular complexity index is 270. The highest BCUT2D eigenvalue weighted by molar-refractivity contribution is 7.80. The van der Waals surface area contributed by atoms with Gasteiger partial charge in [-0.05, 0) is 52.3 Å². The van der Waals surface area contributed by atoms with E-state index in [1.165, 1.54) is 19.3 Å². The van der Waals surface area contributed by atoms with Crippen LogP contribution in [0, 0.1) is 0 Å². The number of nitrogens with zero attached hydrogens (tertiary/aromatic N) is 1. The molecule has 0 radical (unpaired) electrons. The molecule has 0 aromatic carbocycles. The molecule has 1 heterocycles. The largest absolute Gasteiger partial charge is 0.357 e. The van der Waals surface area contributed by atoms with E-state index < -0.39 is 0 Å². The summed E-state index contributed by atoms with van der Waals surface area (Å²) in [5.41, 5.74) is -0.236. The van der Waals surface area contributed by atoms with E-state index in [4.69, 9.17) is 12.2 Å². The fraction of sp³-hybridized carbons (Fsp3) is 0.833. The number of hydrogen-bond donors (Lipinski definition) is 1. The zero-order valence-electron chi connectivity index (χ0n) is 10.5. The van der Waals surface area contributed by atoms with E-state index in [0.717, 1.165) is 18.2 Å². The monoisotopic (exact) mass is 242 g/mol. The number of thiocarbonyl (C=S) groups is 1.